The van der Waals surface area contributed by atoms with Crippen molar-refractivity contribution in [3.8, 4) is 0 Å². The van der Waals surface area contributed by atoms with Crippen molar-refractivity contribution in [1.82, 2.24) is 4.90 Å². The lowest BCUT2D eigenvalue weighted by molar-refractivity contribution is -0.188. The second-order valence-corrected chi connectivity index (χ2v) is 9.26. The number of amides is 2. The molecule has 28 heavy (non-hydrogen) atoms. The van der Waals surface area contributed by atoms with Crippen molar-refractivity contribution in [2.75, 3.05) is 31.6 Å². The van der Waals surface area contributed by atoms with Gasteiger partial charge < -0.3 is 19.7 Å². The first-order valence-corrected chi connectivity index (χ1v) is 10.2. The molecule has 1 N–H and O–H groups in total. The van der Waals surface area contributed by atoms with E-state index in [1.165, 1.54) is 5.56 Å². The van der Waals surface area contributed by atoms with E-state index >= 15 is 0 Å². The third-order valence-electron chi connectivity index (χ3n) is 6.23. The van der Waals surface area contributed by atoms with Crippen molar-refractivity contribution >= 4 is 17.5 Å². The molecule has 1 aliphatic carbocycles. The van der Waals surface area contributed by atoms with Gasteiger partial charge in [-0.05, 0) is 36.0 Å². The molecule has 1 saturated carbocycles. The molecule has 6 nitrogen and oxygen atoms in total. The lowest BCUT2D eigenvalue weighted by atomic mass is 9.87. The summed E-state index contributed by atoms with van der Waals surface area (Å²) in [6, 6.07) is 7.89. The third-order valence-corrected chi connectivity index (χ3v) is 6.23. The largest absolute Gasteiger partial charge is 0.347 e. The molecule has 0 bridgehead atoms. The smallest absolute Gasteiger partial charge is 0.240 e. The molecule has 2 amide bonds. The normalized spacial score (nSPS) is 22.9. The number of anilines is 1. The van der Waals surface area contributed by atoms with E-state index < -0.39 is 11.2 Å². The zero-order valence-corrected chi connectivity index (χ0v) is 17.0. The molecule has 152 valence electrons. The Kier molecular flexibility index (Phi) is 4.74. The fourth-order valence-corrected chi connectivity index (χ4v) is 4.11. The number of piperidine rings is 1. The average molecular weight is 386 g/mol. The van der Waals surface area contributed by atoms with Gasteiger partial charge in [-0.3, -0.25) is 9.59 Å². The van der Waals surface area contributed by atoms with Crippen LogP contribution in [0.25, 0.3) is 0 Å². The van der Waals surface area contributed by atoms with Crippen LogP contribution < -0.4 is 5.32 Å². The summed E-state index contributed by atoms with van der Waals surface area (Å²) in [4.78, 5) is 27.8. The van der Waals surface area contributed by atoms with Crippen LogP contribution >= 0.6 is 0 Å². The Morgan fingerprint density at radius 2 is 1.54 bits per heavy atom. The van der Waals surface area contributed by atoms with E-state index in [1.807, 2.05) is 29.2 Å². The molecular formula is C22H30N2O4. The molecule has 2 saturated heterocycles. The first-order valence-electron chi connectivity index (χ1n) is 10.2. The summed E-state index contributed by atoms with van der Waals surface area (Å²) in [6.45, 7) is 8.86. The number of carbonyl (C=O) groups is 2. The molecule has 3 fully saturated rings. The molecule has 2 heterocycles. The molecule has 4 rings (SSSR count). The Hall–Kier alpha value is -1.92. The van der Waals surface area contributed by atoms with Gasteiger partial charge in [0, 0.05) is 31.6 Å². The van der Waals surface area contributed by atoms with Crippen molar-refractivity contribution in [2.24, 2.45) is 5.41 Å². The number of hydrogen-bond acceptors (Lipinski definition) is 4. The highest BCUT2D eigenvalue weighted by Gasteiger charge is 2.58. The molecule has 6 heteroatoms. The van der Waals surface area contributed by atoms with Crippen LogP contribution in [0, 0.1) is 5.41 Å². The number of likely N-dealkylation sites (tertiary alicyclic amines) is 1. The van der Waals surface area contributed by atoms with Gasteiger partial charge in [0.2, 0.25) is 11.8 Å². The van der Waals surface area contributed by atoms with E-state index in [2.05, 4.69) is 26.1 Å². The van der Waals surface area contributed by atoms with Crippen LogP contribution in [0.2, 0.25) is 0 Å². The number of carbonyl (C=O) groups excluding carboxylic acids is 2. The predicted octanol–water partition coefficient (Wildman–Crippen LogP) is 3.07. The first kappa shape index (κ1) is 19.4. The van der Waals surface area contributed by atoms with Crippen molar-refractivity contribution in [2.45, 2.75) is 57.7 Å². The Morgan fingerprint density at radius 3 is 2.04 bits per heavy atom. The molecular weight excluding hydrogens is 356 g/mol. The molecule has 0 radical (unpaired) electrons. The van der Waals surface area contributed by atoms with Gasteiger partial charge in [0.1, 0.15) is 5.41 Å². The quantitative estimate of drug-likeness (QED) is 0.811. The Labute approximate surface area is 166 Å². The van der Waals surface area contributed by atoms with Crippen molar-refractivity contribution in [3.63, 3.8) is 0 Å². The maximum atomic E-state index is 13.1. The first-order chi connectivity index (χ1) is 13.2. The zero-order valence-electron chi connectivity index (χ0n) is 17.0. The summed E-state index contributed by atoms with van der Waals surface area (Å²) in [6.07, 6.45) is 2.58. The maximum absolute atomic E-state index is 13.1. The SMILES string of the molecule is CC(C)(C)c1ccc(NC(=O)C2(C(=O)N3CCC4(CC3)OCCO4)CC2)cc1. The van der Waals surface area contributed by atoms with Gasteiger partial charge in [0.25, 0.3) is 0 Å². The Bertz CT molecular complexity index is 746. The van der Waals surface area contributed by atoms with Crippen molar-refractivity contribution in [1.29, 1.82) is 0 Å². The minimum atomic E-state index is -0.898. The van der Waals surface area contributed by atoms with E-state index in [4.69, 9.17) is 9.47 Å². The number of rotatable bonds is 3. The summed E-state index contributed by atoms with van der Waals surface area (Å²) in [5.41, 5.74) is 1.11. The lowest BCUT2D eigenvalue weighted by Gasteiger charge is -2.38. The minimum absolute atomic E-state index is 0.0517. The Balaban J connectivity index is 1.38. The molecule has 1 spiro atoms. The van der Waals surface area contributed by atoms with Crippen LogP contribution in [0.5, 0.6) is 0 Å². The molecule has 1 aromatic rings. The van der Waals surface area contributed by atoms with E-state index in [9.17, 15) is 9.59 Å². The molecule has 0 unspecified atom stereocenters. The van der Waals surface area contributed by atoms with Gasteiger partial charge in [-0.1, -0.05) is 32.9 Å². The van der Waals surface area contributed by atoms with Crippen LogP contribution in [0.15, 0.2) is 24.3 Å². The van der Waals surface area contributed by atoms with E-state index in [-0.39, 0.29) is 17.2 Å². The number of nitrogens with one attached hydrogen (secondary N) is 1. The molecule has 0 aromatic heterocycles. The minimum Gasteiger partial charge on any atom is -0.347 e. The summed E-state index contributed by atoms with van der Waals surface area (Å²) in [5, 5.41) is 2.96. The summed E-state index contributed by atoms with van der Waals surface area (Å²) in [7, 11) is 0. The topological polar surface area (TPSA) is 67.9 Å². The maximum Gasteiger partial charge on any atom is 0.240 e. The molecule has 1 aromatic carbocycles. The summed E-state index contributed by atoms with van der Waals surface area (Å²) >= 11 is 0. The fourth-order valence-electron chi connectivity index (χ4n) is 4.11. The number of benzene rings is 1. The predicted molar refractivity (Wildman–Crippen MR) is 106 cm³/mol. The van der Waals surface area contributed by atoms with Crippen molar-refractivity contribution < 1.29 is 19.1 Å². The van der Waals surface area contributed by atoms with Crippen molar-refractivity contribution in [3.05, 3.63) is 29.8 Å². The number of hydrogen-bond donors (Lipinski definition) is 1. The second kappa shape index (κ2) is 6.85. The van der Waals surface area contributed by atoms with Gasteiger partial charge in [-0.15, -0.1) is 0 Å². The second-order valence-electron chi connectivity index (χ2n) is 9.26. The van der Waals surface area contributed by atoms with Crippen LogP contribution in [0.1, 0.15) is 52.0 Å². The average Bonchev–Trinajstić information content (AvgIpc) is 3.37. The number of ether oxygens (including phenoxy) is 2. The fraction of sp³-hybridized carbons (Fsp3) is 0.636. The third kappa shape index (κ3) is 3.55. The van der Waals surface area contributed by atoms with Gasteiger partial charge in [-0.25, -0.2) is 0 Å². The standard InChI is InChI=1S/C22H30N2O4/c1-20(2,3)16-4-6-17(7-5-16)23-18(25)21(8-9-21)19(26)24-12-10-22(11-13-24)27-14-15-28-22/h4-7H,8-15H2,1-3H3,(H,23,25). The van der Waals surface area contributed by atoms with E-state index in [1.54, 1.807) is 0 Å². The van der Waals surface area contributed by atoms with Gasteiger partial charge in [0.15, 0.2) is 5.79 Å². The highest BCUT2D eigenvalue weighted by atomic mass is 16.7. The summed E-state index contributed by atoms with van der Waals surface area (Å²) < 4.78 is 11.5. The van der Waals surface area contributed by atoms with Crippen LogP contribution in [-0.4, -0.2) is 48.8 Å². The number of nitrogens with zero attached hydrogens (tertiary/aromatic N) is 1. The molecule has 0 atom stereocenters. The highest BCUT2D eigenvalue weighted by molar-refractivity contribution is 6.13. The lowest BCUT2D eigenvalue weighted by Crippen LogP contribution is -2.51. The van der Waals surface area contributed by atoms with Crippen LogP contribution in [0.3, 0.4) is 0 Å². The summed E-state index contributed by atoms with van der Waals surface area (Å²) in [5.74, 6) is -0.747. The highest BCUT2D eigenvalue weighted by Crippen LogP contribution is 2.49. The van der Waals surface area contributed by atoms with Gasteiger partial charge in [0.05, 0.1) is 13.2 Å². The van der Waals surface area contributed by atoms with Gasteiger partial charge in [-0.2, -0.15) is 0 Å². The molecule has 3 aliphatic rings. The van der Waals surface area contributed by atoms with E-state index in [0.29, 0.717) is 52.0 Å². The van der Waals surface area contributed by atoms with Crippen LogP contribution in [0.4, 0.5) is 5.69 Å². The Morgan fingerprint density at radius 1 is 0.964 bits per heavy atom. The van der Waals surface area contributed by atoms with E-state index in [0.717, 1.165) is 5.69 Å². The van der Waals surface area contributed by atoms with Gasteiger partial charge >= 0.3 is 0 Å². The zero-order chi connectivity index (χ0) is 20.0. The monoisotopic (exact) mass is 386 g/mol. The molecule has 2 aliphatic heterocycles. The van der Waals surface area contributed by atoms with Crippen LogP contribution in [-0.2, 0) is 24.5 Å².